The van der Waals surface area contributed by atoms with Crippen molar-refractivity contribution in [2.75, 3.05) is 18.4 Å². The number of benzene rings is 1. The lowest BCUT2D eigenvalue weighted by atomic mass is 10.1. The van der Waals surface area contributed by atoms with Crippen LogP contribution in [0.2, 0.25) is 0 Å². The Kier molecular flexibility index (Phi) is 3.78. The van der Waals surface area contributed by atoms with E-state index in [0.717, 1.165) is 36.2 Å². The monoisotopic (exact) mass is 267 g/mol. The van der Waals surface area contributed by atoms with Crippen LogP contribution in [0.25, 0.3) is 11.0 Å². The molecule has 3 N–H and O–H groups in total. The van der Waals surface area contributed by atoms with Crippen LogP contribution in [-0.4, -0.2) is 34.4 Å². The topological polar surface area (TPSA) is 82.7 Å². The van der Waals surface area contributed by atoms with Crippen LogP contribution in [0.4, 0.5) is 5.69 Å². The van der Waals surface area contributed by atoms with Gasteiger partial charge in [-0.2, -0.15) is 15.4 Å². The zero-order chi connectivity index (χ0) is 11.7. The van der Waals surface area contributed by atoms with Crippen LogP contribution in [0.1, 0.15) is 6.42 Å². The predicted octanol–water partition coefficient (Wildman–Crippen LogP) is 0.928. The smallest absolute Gasteiger partial charge is 0.228 e. The maximum absolute atomic E-state index is 11.9. The minimum atomic E-state index is 0. The van der Waals surface area contributed by atoms with E-state index in [4.69, 9.17) is 0 Å². The number of fused-ring (bicyclic) bond motifs is 1. The molecule has 0 aliphatic carbocycles. The lowest BCUT2D eigenvalue weighted by molar-refractivity contribution is -0.119. The van der Waals surface area contributed by atoms with Crippen LogP contribution >= 0.6 is 12.4 Å². The van der Waals surface area contributed by atoms with E-state index in [0.29, 0.717) is 0 Å². The van der Waals surface area contributed by atoms with Crippen LogP contribution in [0.15, 0.2) is 18.2 Å². The van der Waals surface area contributed by atoms with Gasteiger partial charge in [-0.15, -0.1) is 12.4 Å². The number of amides is 1. The summed E-state index contributed by atoms with van der Waals surface area (Å²) < 4.78 is 0. The third-order valence-corrected chi connectivity index (χ3v) is 3.01. The summed E-state index contributed by atoms with van der Waals surface area (Å²) >= 11 is 0. The van der Waals surface area contributed by atoms with E-state index in [1.807, 2.05) is 18.2 Å². The molecule has 1 amide bonds. The highest BCUT2D eigenvalue weighted by Crippen LogP contribution is 2.17. The molecular weight excluding hydrogens is 254 g/mol. The van der Waals surface area contributed by atoms with Gasteiger partial charge in [0.15, 0.2) is 0 Å². The van der Waals surface area contributed by atoms with E-state index < -0.39 is 0 Å². The summed E-state index contributed by atoms with van der Waals surface area (Å²) in [6.45, 7) is 1.68. The maximum Gasteiger partial charge on any atom is 0.228 e. The molecule has 1 fully saturated rings. The number of anilines is 1. The molecule has 1 aliphatic heterocycles. The molecular formula is C11H14ClN5O. The Morgan fingerprint density at radius 2 is 2.17 bits per heavy atom. The number of hydrogen-bond acceptors (Lipinski definition) is 4. The highest BCUT2D eigenvalue weighted by Gasteiger charge is 2.22. The van der Waals surface area contributed by atoms with Gasteiger partial charge in [0.25, 0.3) is 0 Å². The zero-order valence-electron chi connectivity index (χ0n) is 9.64. The highest BCUT2D eigenvalue weighted by atomic mass is 35.5. The van der Waals surface area contributed by atoms with Crippen molar-refractivity contribution in [3.63, 3.8) is 0 Å². The van der Waals surface area contributed by atoms with Gasteiger partial charge >= 0.3 is 0 Å². The molecule has 0 radical (unpaired) electrons. The van der Waals surface area contributed by atoms with E-state index >= 15 is 0 Å². The number of nitrogens with one attached hydrogen (secondary N) is 3. The summed E-state index contributed by atoms with van der Waals surface area (Å²) in [5.41, 5.74) is 2.32. The van der Waals surface area contributed by atoms with Gasteiger partial charge in [-0.1, -0.05) is 0 Å². The molecule has 7 heteroatoms. The molecule has 1 aromatic heterocycles. The fraction of sp³-hybridized carbons (Fsp3) is 0.364. The van der Waals surface area contributed by atoms with E-state index in [9.17, 15) is 4.79 Å². The van der Waals surface area contributed by atoms with Crippen LogP contribution in [0.3, 0.4) is 0 Å². The highest BCUT2D eigenvalue weighted by molar-refractivity contribution is 5.94. The van der Waals surface area contributed by atoms with Crippen molar-refractivity contribution >= 4 is 35.0 Å². The van der Waals surface area contributed by atoms with Crippen molar-refractivity contribution in [2.24, 2.45) is 5.92 Å². The molecule has 2 heterocycles. The van der Waals surface area contributed by atoms with Crippen molar-refractivity contribution < 1.29 is 4.79 Å². The molecule has 3 rings (SSSR count). The summed E-state index contributed by atoms with van der Waals surface area (Å²) in [6.07, 6.45) is 0.901. The first-order valence-corrected chi connectivity index (χ1v) is 5.65. The molecule has 18 heavy (non-hydrogen) atoms. The second-order valence-electron chi connectivity index (χ2n) is 4.21. The summed E-state index contributed by atoms with van der Waals surface area (Å²) in [5, 5.41) is 16.6. The number of H-pyrrole nitrogens is 1. The van der Waals surface area contributed by atoms with Gasteiger partial charge in [0, 0.05) is 12.2 Å². The summed E-state index contributed by atoms with van der Waals surface area (Å²) in [6, 6.07) is 5.49. The fourth-order valence-corrected chi connectivity index (χ4v) is 2.04. The number of nitrogens with zero attached hydrogens (tertiary/aromatic N) is 2. The zero-order valence-corrected chi connectivity index (χ0v) is 10.5. The van der Waals surface area contributed by atoms with Gasteiger partial charge < -0.3 is 10.6 Å². The Morgan fingerprint density at radius 1 is 1.33 bits per heavy atom. The van der Waals surface area contributed by atoms with E-state index in [1.165, 1.54) is 0 Å². The van der Waals surface area contributed by atoms with Crippen LogP contribution in [0.5, 0.6) is 0 Å². The summed E-state index contributed by atoms with van der Waals surface area (Å²) in [5.74, 6) is 0.140. The number of carbonyl (C=O) groups excluding carboxylic acids is 1. The third-order valence-electron chi connectivity index (χ3n) is 3.01. The molecule has 1 atom stereocenters. The number of aromatic amines is 1. The Labute approximate surface area is 110 Å². The van der Waals surface area contributed by atoms with E-state index in [1.54, 1.807) is 0 Å². The molecule has 0 saturated carbocycles. The van der Waals surface area contributed by atoms with E-state index in [2.05, 4.69) is 26.0 Å². The number of rotatable bonds is 2. The normalized spacial score (nSPS) is 18.6. The predicted molar refractivity (Wildman–Crippen MR) is 70.7 cm³/mol. The Balaban J connectivity index is 0.00000120. The molecule has 6 nitrogen and oxygen atoms in total. The first-order valence-electron chi connectivity index (χ1n) is 5.65. The maximum atomic E-state index is 11.9. The van der Waals surface area contributed by atoms with E-state index in [-0.39, 0.29) is 24.2 Å². The van der Waals surface area contributed by atoms with Crippen LogP contribution in [0, 0.1) is 5.92 Å². The Hall–Kier alpha value is -1.66. The van der Waals surface area contributed by atoms with Gasteiger partial charge in [0.2, 0.25) is 5.91 Å². The van der Waals surface area contributed by atoms with Gasteiger partial charge in [0.05, 0.1) is 5.92 Å². The summed E-state index contributed by atoms with van der Waals surface area (Å²) in [4.78, 5) is 11.9. The Morgan fingerprint density at radius 3 is 2.94 bits per heavy atom. The van der Waals surface area contributed by atoms with Crippen molar-refractivity contribution in [2.45, 2.75) is 6.42 Å². The van der Waals surface area contributed by atoms with Gasteiger partial charge in [-0.05, 0) is 31.2 Å². The number of aromatic nitrogens is 3. The Bertz CT molecular complexity index is 549. The van der Waals surface area contributed by atoms with Crippen LogP contribution < -0.4 is 10.6 Å². The van der Waals surface area contributed by atoms with Crippen molar-refractivity contribution in [3.8, 4) is 0 Å². The lowest BCUT2D eigenvalue weighted by Crippen LogP contribution is -2.24. The molecule has 1 saturated heterocycles. The lowest BCUT2D eigenvalue weighted by Gasteiger charge is -2.09. The van der Waals surface area contributed by atoms with Gasteiger partial charge in [0.1, 0.15) is 11.0 Å². The number of hydrogen-bond donors (Lipinski definition) is 3. The van der Waals surface area contributed by atoms with Gasteiger partial charge in [-0.25, -0.2) is 0 Å². The standard InChI is InChI=1S/C11H13N5O.ClH/c17-11(7-3-4-12-6-7)13-8-1-2-9-10(5-8)15-16-14-9;/h1-2,5,7,12H,3-4,6H2,(H,13,17)(H,14,15,16);1H. The largest absolute Gasteiger partial charge is 0.326 e. The molecule has 1 aliphatic rings. The quantitative estimate of drug-likeness (QED) is 0.756. The molecule has 96 valence electrons. The second kappa shape index (κ2) is 5.32. The second-order valence-corrected chi connectivity index (χ2v) is 4.21. The minimum absolute atomic E-state index is 0. The van der Waals surface area contributed by atoms with Crippen LogP contribution in [-0.2, 0) is 4.79 Å². The molecule has 2 aromatic rings. The molecule has 0 bridgehead atoms. The molecule has 0 spiro atoms. The average molecular weight is 268 g/mol. The third kappa shape index (κ3) is 2.44. The average Bonchev–Trinajstić information content (AvgIpc) is 2.99. The van der Waals surface area contributed by atoms with Crippen molar-refractivity contribution in [3.05, 3.63) is 18.2 Å². The van der Waals surface area contributed by atoms with Crippen molar-refractivity contribution in [1.29, 1.82) is 0 Å². The first kappa shape index (κ1) is 12.8. The number of halogens is 1. The fourth-order valence-electron chi connectivity index (χ4n) is 2.04. The first-order chi connectivity index (χ1) is 8.33. The number of carbonyl (C=O) groups is 1. The molecule has 1 aromatic carbocycles. The van der Waals surface area contributed by atoms with Crippen molar-refractivity contribution in [1.82, 2.24) is 20.7 Å². The SMILES string of the molecule is Cl.O=C(Nc1ccc2n[nH]nc2c1)C1CCNC1. The van der Waals surface area contributed by atoms with Gasteiger partial charge in [-0.3, -0.25) is 4.79 Å². The molecule has 1 unspecified atom stereocenters. The summed E-state index contributed by atoms with van der Waals surface area (Å²) in [7, 11) is 0. The minimum Gasteiger partial charge on any atom is -0.326 e.